The molecule has 0 spiro atoms. The van der Waals surface area contributed by atoms with E-state index in [-0.39, 0.29) is 0 Å². The molecule has 2 aliphatic heterocycles. The topological polar surface area (TPSA) is 52.7 Å². The quantitative estimate of drug-likeness (QED) is 0.698. The van der Waals surface area contributed by atoms with Gasteiger partial charge in [-0.05, 0) is 25.3 Å². The highest BCUT2D eigenvalue weighted by atomic mass is 32.2. The summed E-state index contributed by atoms with van der Waals surface area (Å²) in [5.41, 5.74) is 0. The second-order valence-electron chi connectivity index (χ2n) is 4.55. The molecule has 0 bridgehead atoms. The summed E-state index contributed by atoms with van der Waals surface area (Å²) in [6, 6.07) is 0.540. The van der Waals surface area contributed by atoms with Crippen molar-refractivity contribution in [3.63, 3.8) is 0 Å². The fourth-order valence-electron chi connectivity index (χ4n) is 2.45. The molecule has 6 heteroatoms. The second-order valence-corrected chi connectivity index (χ2v) is 6.69. The molecule has 2 unspecified atom stereocenters. The van der Waals surface area contributed by atoms with Gasteiger partial charge in [-0.25, -0.2) is 0 Å². The third-order valence-corrected chi connectivity index (χ3v) is 5.31. The van der Waals surface area contributed by atoms with Gasteiger partial charge in [0.2, 0.25) is 0 Å². The summed E-state index contributed by atoms with van der Waals surface area (Å²) in [6.07, 6.45) is 2.04. The van der Waals surface area contributed by atoms with Crippen molar-refractivity contribution in [2.45, 2.75) is 18.9 Å². The molecule has 15 heavy (non-hydrogen) atoms. The van der Waals surface area contributed by atoms with Gasteiger partial charge in [0, 0.05) is 33.2 Å². The first-order chi connectivity index (χ1) is 7.01. The van der Waals surface area contributed by atoms with Gasteiger partial charge in [0.25, 0.3) is 10.2 Å². The molecule has 2 aliphatic rings. The summed E-state index contributed by atoms with van der Waals surface area (Å²) in [7, 11) is -0.0165. The molecule has 2 rings (SSSR count). The lowest BCUT2D eigenvalue weighted by molar-refractivity contribution is 0.237. The number of rotatable bonds is 2. The van der Waals surface area contributed by atoms with Gasteiger partial charge in [0.05, 0.1) is 0 Å². The third-order valence-electron chi connectivity index (χ3n) is 3.41. The largest absolute Gasteiger partial charge is 0.314 e. The van der Waals surface area contributed by atoms with Crippen LogP contribution in [0.3, 0.4) is 0 Å². The maximum Gasteiger partial charge on any atom is 0.281 e. The van der Waals surface area contributed by atoms with E-state index in [1.54, 1.807) is 18.4 Å². The summed E-state index contributed by atoms with van der Waals surface area (Å²) in [5, 5.41) is 3.42. The number of nitrogens with one attached hydrogen (secondary N) is 1. The first kappa shape index (κ1) is 11.3. The SMILES string of the molecule is CN(C)S(=O)(=O)N1CCC2NCCC2C1. The van der Waals surface area contributed by atoms with Crippen LogP contribution < -0.4 is 5.32 Å². The predicted octanol–water partition coefficient (Wildman–Crippen LogP) is -0.523. The minimum absolute atomic E-state index is 0.508. The van der Waals surface area contributed by atoms with Crippen LogP contribution in [0.1, 0.15) is 12.8 Å². The molecule has 2 fully saturated rings. The van der Waals surface area contributed by atoms with Crippen LogP contribution in [-0.4, -0.2) is 56.8 Å². The Morgan fingerprint density at radius 2 is 2.07 bits per heavy atom. The first-order valence-corrected chi connectivity index (χ1v) is 6.82. The predicted molar refractivity (Wildman–Crippen MR) is 58.7 cm³/mol. The van der Waals surface area contributed by atoms with Crippen LogP contribution in [0.4, 0.5) is 0 Å². The maximum atomic E-state index is 11.9. The average Bonchev–Trinajstić information content (AvgIpc) is 2.63. The van der Waals surface area contributed by atoms with Crippen LogP contribution in [0.5, 0.6) is 0 Å². The lowest BCUT2D eigenvalue weighted by atomic mass is 9.95. The summed E-state index contributed by atoms with van der Waals surface area (Å²) < 4.78 is 26.7. The number of piperidine rings is 1. The van der Waals surface area contributed by atoms with Crippen molar-refractivity contribution in [1.29, 1.82) is 0 Å². The van der Waals surface area contributed by atoms with Gasteiger partial charge in [0.15, 0.2) is 0 Å². The molecule has 0 amide bonds. The Balaban J connectivity index is 2.07. The molecule has 0 radical (unpaired) electrons. The Morgan fingerprint density at radius 3 is 2.73 bits per heavy atom. The zero-order valence-electron chi connectivity index (χ0n) is 9.31. The highest BCUT2D eigenvalue weighted by Gasteiger charge is 2.37. The van der Waals surface area contributed by atoms with Crippen LogP contribution in [0.25, 0.3) is 0 Å². The molecular weight excluding hydrogens is 214 g/mol. The van der Waals surface area contributed by atoms with E-state index in [0.717, 1.165) is 19.4 Å². The van der Waals surface area contributed by atoms with E-state index in [0.29, 0.717) is 25.0 Å². The fourth-order valence-corrected chi connectivity index (χ4v) is 3.63. The maximum absolute atomic E-state index is 11.9. The van der Waals surface area contributed by atoms with Gasteiger partial charge in [-0.3, -0.25) is 0 Å². The van der Waals surface area contributed by atoms with Crippen molar-refractivity contribution in [1.82, 2.24) is 13.9 Å². The highest BCUT2D eigenvalue weighted by Crippen LogP contribution is 2.26. The van der Waals surface area contributed by atoms with E-state index in [1.807, 2.05) is 0 Å². The molecular formula is C9H19N3O2S. The average molecular weight is 233 g/mol. The number of fused-ring (bicyclic) bond motifs is 1. The molecule has 0 aromatic rings. The van der Waals surface area contributed by atoms with Gasteiger partial charge in [-0.2, -0.15) is 17.0 Å². The van der Waals surface area contributed by atoms with E-state index < -0.39 is 10.2 Å². The van der Waals surface area contributed by atoms with Crippen LogP contribution in [0.2, 0.25) is 0 Å². The molecule has 0 aromatic carbocycles. The van der Waals surface area contributed by atoms with Crippen molar-refractivity contribution in [3.8, 4) is 0 Å². The van der Waals surface area contributed by atoms with E-state index >= 15 is 0 Å². The van der Waals surface area contributed by atoms with Gasteiger partial charge < -0.3 is 5.32 Å². The van der Waals surface area contributed by atoms with Gasteiger partial charge >= 0.3 is 0 Å². The minimum Gasteiger partial charge on any atom is -0.314 e. The third kappa shape index (κ3) is 2.04. The molecule has 88 valence electrons. The van der Waals surface area contributed by atoms with Crippen molar-refractivity contribution in [3.05, 3.63) is 0 Å². The molecule has 2 atom stereocenters. The lowest BCUT2D eigenvalue weighted by Crippen LogP contribution is -2.50. The Bertz CT molecular complexity index is 328. The number of hydrogen-bond donors (Lipinski definition) is 1. The van der Waals surface area contributed by atoms with Crippen molar-refractivity contribution >= 4 is 10.2 Å². The van der Waals surface area contributed by atoms with Gasteiger partial charge in [-0.15, -0.1) is 0 Å². The minimum atomic E-state index is -3.20. The smallest absolute Gasteiger partial charge is 0.281 e. The van der Waals surface area contributed by atoms with Crippen LogP contribution >= 0.6 is 0 Å². The molecule has 0 saturated carbocycles. The van der Waals surface area contributed by atoms with E-state index in [4.69, 9.17) is 0 Å². The summed E-state index contributed by atoms with van der Waals surface area (Å²) in [5.74, 6) is 0.508. The number of hydrogen-bond acceptors (Lipinski definition) is 3. The molecule has 2 heterocycles. The van der Waals surface area contributed by atoms with E-state index in [9.17, 15) is 8.42 Å². The Hall–Kier alpha value is -0.170. The Morgan fingerprint density at radius 1 is 1.33 bits per heavy atom. The summed E-state index contributed by atoms with van der Waals surface area (Å²) in [4.78, 5) is 0. The molecule has 0 aliphatic carbocycles. The molecule has 5 nitrogen and oxygen atoms in total. The molecule has 2 saturated heterocycles. The first-order valence-electron chi connectivity index (χ1n) is 5.43. The Labute approximate surface area is 91.6 Å². The van der Waals surface area contributed by atoms with E-state index in [1.165, 1.54) is 4.31 Å². The lowest BCUT2D eigenvalue weighted by Gasteiger charge is -2.35. The van der Waals surface area contributed by atoms with Crippen LogP contribution in [-0.2, 0) is 10.2 Å². The van der Waals surface area contributed by atoms with Gasteiger partial charge in [-0.1, -0.05) is 0 Å². The van der Waals surface area contributed by atoms with Crippen LogP contribution in [0.15, 0.2) is 0 Å². The normalized spacial score (nSPS) is 33.3. The fraction of sp³-hybridized carbons (Fsp3) is 1.00. The van der Waals surface area contributed by atoms with Crippen LogP contribution in [0, 0.1) is 5.92 Å². The van der Waals surface area contributed by atoms with Gasteiger partial charge in [0.1, 0.15) is 0 Å². The zero-order valence-corrected chi connectivity index (χ0v) is 10.1. The standard InChI is InChI=1S/C9H19N3O2S/c1-11(2)15(13,14)12-6-4-9-8(7-12)3-5-10-9/h8-10H,3-7H2,1-2H3. The molecule has 0 aromatic heterocycles. The summed E-state index contributed by atoms with van der Waals surface area (Å²) >= 11 is 0. The zero-order chi connectivity index (χ0) is 11.1. The summed E-state index contributed by atoms with van der Waals surface area (Å²) in [6.45, 7) is 2.36. The monoisotopic (exact) mass is 233 g/mol. The van der Waals surface area contributed by atoms with Crippen molar-refractivity contribution in [2.75, 3.05) is 33.7 Å². The van der Waals surface area contributed by atoms with Crippen molar-refractivity contribution in [2.24, 2.45) is 5.92 Å². The van der Waals surface area contributed by atoms with Crippen molar-refractivity contribution < 1.29 is 8.42 Å². The second kappa shape index (κ2) is 4.01. The van der Waals surface area contributed by atoms with E-state index in [2.05, 4.69) is 5.32 Å². The number of nitrogens with zero attached hydrogens (tertiary/aromatic N) is 2. The molecule has 1 N–H and O–H groups in total. The highest BCUT2D eigenvalue weighted by molar-refractivity contribution is 7.86. The Kier molecular flexibility index (Phi) is 3.03.